The number of hydrogen-bond acceptors (Lipinski definition) is 3. The first-order chi connectivity index (χ1) is 8.76. The minimum atomic E-state index is -0.371. The maximum atomic E-state index is 10.1. The number of hydrogen-bond donors (Lipinski definition) is 1. The molecule has 0 saturated carbocycles. The number of nitrogens with zero attached hydrogens (tertiary/aromatic N) is 1. The second-order valence-corrected chi connectivity index (χ2v) is 4.83. The van der Waals surface area contributed by atoms with Crippen LogP contribution in [0.25, 0.3) is 0 Å². The molecule has 3 heteroatoms. The standard InChI is InChI=1S/C15H23NO2/c1-3-12-11-16(9-10-18-12)14-8-6-5-7-13(14)15(17)4-2/h5-8,12,15,17H,3-4,9-11H2,1-2H3/t12?,15-/m1/s1. The molecule has 1 aromatic rings. The van der Waals surface area contributed by atoms with Gasteiger partial charge in [-0.2, -0.15) is 0 Å². The number of aliphatic hydroxyl groups is 1. The Kier molecular flexibility index (Phi) is 4.61. The van der Waals surface area contributed by atoms with E-state index in [1.165, 1.54) is 0 Å². The van der Waals surface area contributed by atoms with E-state index < -0.39 is 0 Å². The number of aliphatic hydroxyl groups excluding tert-OH is 1. The summed E-state index contributed by atoms with van der Waals surface area (Å²) in [5.41, 5.74) is 2.20. The van der Waals surface area contributed by atoms with Crippen molar-refractivity contribution in [3.8, 4) is 0 Å². The van der Waals surface area contributed by atoms with Crippen LogP contribution in [0.4, 0.5) is 5.69 Å². The fourth-order valence-corrected chi connectivity index (χ4v) is 2.46. The third-order valence-electron chi connectivity index (χ3n) is 3.62. The van der Waals surface area contributed by atoms with Crippen LogP contribution in [-0.2, 0) is 4.74 Å². The van der Waals surface area contributed by atoms with Crippen molar-refractivity contribution in [2.45, 2.75) is 38.9 Å². The monoisotopic (exact) mass is 249 g/mol. The molecule has 1 aliphatic heterocycles. The van der Waals surface area contributed by atoms with Crippen LogP contribution in [0.5, 0.6) is 0 Å². The van der Waals surface area contributed by atoms with Crippen molar-refractivity contribution in [2.75, 3.05) is 24.6 Å². The molecule has 0 radical (unpaired) electrons. The largest absolute Gasteiger partial charge is 0.388 e. The van der Waals surface area contributed by atoms with Crippen molar-refractivity contribution >= 4 is 5.69 Å². The lowest BCUT2D eigenvalue weighted by Gasteiger charge is -2.35. The molecule has 1 aromatic carbocycles. The molecule has 1 aliphatic rings. The first-order valence-electron chi connectivity index (χ1n) is 6.89. The SMILES string of the molecule is CCC1CN(c2ccccc2[C@H](O)CC)CCO1. The van der Waals surface area contributed by atoms with Gasteiger partial charge in [0.1, 0.15) is 0 Å². The van der Waals surface area contributed by atoms with Crippen LogP contribution in [0, 0.1) is 0 Å². The van der Waals surface area contributed by atoms with Gasteiger partial charge in [-0.1, -0.05) is 32.0 Å². The van der Waals surface area contributed by atoms with Crippen LogP contribution in [-0.4, -0.2) is 30.9 Å². The molecule has 1 saturated heterocycles. The highest BCUT2D eigenvalue weighted by Crippen LogP contribution is 2.29. The van der Waals surface area contributed by atoms with Crippen molar-refractivity contribution in [3.63, 3.8) is 0 Å². The van der Waals surface area contributed by atoms with E-state index in [4.69, 9.17) is 4.74 Å². The van der Waals surface area contributed by atoms with Crippen LogP contribution in [0.15, 0.2) is 24.3 Å². The van der Waals surface area contributed by atoms with E-state index in [9.17, 15) is 5.11 Å². The fourth-order valence-electron chi connectivity index (χ4n) is 2.46. The highest BCUT2D eigenvalue weighted by Gasteiger charge is 2.22. The van der Waals surface area contributed by atoms with Gasteiger partial charge in [0.2, 0.25) is 0 Å². The molecule has 0 spiro atoms. The Bertz CT molecular complexity index is 381. The van der Waals surface area contributed by atoms with Gasteiger partial charge in [0, 0.05) is 24.3 Å². The lowest BCUT2D eigenvalue weighted by atomic mass is 10.0. The quantitative estimate of drug-likeness (QED) is 0.890. The first-order valence-corrected chi connectivity index (χ1v) is 6.89. The third kappa shape index (κ3) is 2.85. The maximum Gasteiger partial charge on any atom is 0.0807 e. The van der Waals surface area contributed by atoms with E-state index in [2.05, 4.69) is 17.9 Å². The molecule has 100 valence electrons. The van der Waals surface area contributed by atoms with E-state index in [0.717, 1.165) is 43.8 Å². The molecule has 0 aliphatic carbocycles. The topological polar surface area (TPSA) is 32.7 Å². The Morgan fingerprint density at radius 1 is 1.39 bits per heavy atom. The van der Waals surface area contributed by atoms with Crippen molar-refractivity contribution in [1.29, 1.82) is 0 Å². The number of ether oxygens (including phenoxy) is 1. The smallest absolute Gasteiger partial charge is 0.0807 e. The number of benzene rings is 1. The number of para-hydroxylation sites is 1. The van der Waals surface area contributed by atoms with Gasteiger partial charge in [-0.25, -0.2) is 0 Å². The van der Waals surface area contributed by atoms with Gasteiger partial charge >= 0.3 is 0 Å². The lowest BCUT2D eigenvalue weighted by Crippen LogP contribution is -2.42. The fraction of sp³-hybridized carbons (Fsp3) is 0.600. The van der Waals surface area contributed by atoms with E-state index in [1.54, 1.807) is 0 Å². The molecule has 0 amide bonds. The highest BCUT2D eigenvalue weighted by molar-refractivity contribution is 5.55. The van der Waals surface area contributed by atoms with Crippen molar-refractivity contribution in [3.05, 3.63) is 29.8 Å². The van der Waals surface area contributed by atoms with Gasteiger partial charge in [0.05, 0.1) is 18.8 Å². The van der Waals surface area contributed by atoms with Gasteiger partial charge in [-0.3, -0.25) is 0 Å². The summed E-state index contributed by atoms with van der Waals surface area (Å²) in [6, 6.07) is 8.17. The Balaban J connectivity index is 2.21. The summed E-state index contributed by atoms with van der Waals surface area (Å²) in [7, 11) is 0. The average molecular weight is 249 g/mol. The van der Waals surface area contributed by atoms with Gasteiger partial charge in [0.25, 0.3) is 0 Å². The zero-order valence-corrected chi connectivity index (χ0v) is 11.3. The second-order valence-electron chi connectivity index (χ2n) is 4.83. The second kappa shape index (κ2) is 6.21. The summed E-state index contributed by atoms with van der Waals surface area (Å²) in [6.45, 7) is 6.76. The summed E-state index contributed by atoms with van der Waals surface area (Å²) in [5.74, 6) is 0. The molecule has 0 bridgehead atoms. The van der Waals surface area contributed by atoms with Gasteiger partial charge in [0.15, 0.2) is 0 Å². The summed E-state index contributed by atoms with van der Waals surface area (Å²) in [6.07, 6.45) is 1.72. The predicted molar refractivity (Wildman–Crippen MR) is 73.9 cm³/mol. The van der Waals surface area contributed by atoms with Crippen LogP contribution in [0.1, 0.15) is 38.4 Å². The number of rotatable bonds is 4. The predicted octanol–water partition coefficient (Wildman–Crippen LogP) is 2.75. The molecule has 2 rings (SSSR count). The zero-order chi connectivity index (χ0) is 13.0. The molecular weight excluding hydrogens is 226 g/mol. The molecule has 3 nitrogen and oxygen atoms in total. The summed E-state index contributed by atoms with van der Waals surface area (Å²) >= 11 is 0. The van der Waals surface area contributed by atoms with E-state index >= 15 is 0 Å². The Morgan fingerprint density at radius 2 is 2.17 bits per heavy atom. The normalized spacial score (nSPS) is 21.9. The van der Waals surface area contributed by atoms with Crippen LogP contribution < -0.4 is 4.90 Å². The molecule has 1 unspecified atom stereocenters. The van der Waals surface area contributed by atoms with Gasteiger partial charge < -0.3 is 14.7 Å². The van der Waals surface area contributed by atoms with Crippen molar-refractivity contribution < 1.29 is 9.84 Å². The van der Waals surface area contributed by atoms with E-state index in [-0.39, 0.29) is 6.10 Å². The summed E-state index contributed by atoms with van der Waals surface area (Å²) in [4.78, 5) is 2.34. The molecular formula is C15H23NO2. The highest BCUT2D eigenvalue weighted by atomic mass is 16.5. The van der Waals surface area contributed by atoms with Crippen molar-refractivity contribution in [2.24, 2.45) is 0 Å². The molecule has 2 atom stereocenters. The van der Waals surface area contributed by atoms with Gasteiger partial charge in [-0.15, -0.1) is 0 Å². The molecule has 0 aromatic heterocycles. The lowest BCUT2D eigenvalue weighted by molar-refractivity contribution is 0.0382. The van der Waals surface area contributed by atoms with Gasteiger partial charge in [-0.05, 0) is 18.9 Å². The van der Waals surface area contributed by atoms with E-state index in [1.807, 2.05) is 25.1 Å². The number of morpholine rings is 1. The van der Waals surface area contributed by atoms with E-state index in [0.29, 0.717) is 6.10 Å². The molecule has 18 heavy (non-hydrogen) atoms. The molecule has 1 N–H and O–H groups in total. The Hall–Kier alpha value is -1.06. The third-order valence-corrected chi connectivity index (χ3v) is 3.62. The van der Waals surface area contributed by atoms with Crippen LogP contribution >= 0.6 is 0 Å². The van der Waals surface area contributed by atoms with Crippen molar-refractivity contribution in [1.82, 2.24) is 0 Å². The first kappa shape index (κ1) is 13.4. The summed E-state index contributed by atoms with van der Waals surface area (Å²) in [5, 5.41) is 10.1. The Morgan fingerprint density at radius 3 is 2.89 bits per heavy atom. The molecule has 1 fully saturated rings. The minimum Gasteiger partial charge on any atom is -0.388 e. The van der Waals surface area contributed by atoms with Crippen LogP contribution in [0.3, 0.4) is 0 Å². The zero-order valence-electron chi connectivity index (χ0n) is 11.3. The minimum absolute atomic E-state index is 0.311. The van der Waals surface area contributed by atoms with Crippen LogP contribution in [0.2, 0.25) is 0 Å². The summed E-state index contributed by atoms with van der Waals surface area (Å²) < 4.78 is 5.70. The number of anilines is 1. The molecule has 1 heterocycles. The maximum absolute atomic E-state index is 10.1. The Labute approximate surface area is 109 Å². The average Bonchev–Trinajstić information content (AvgIpc) is 2.46.